The second kappa shape index (κ2) is 7.99. The number of rotatable bonds is 6. The van der Waals surface area contributed by atoms with Crippen LogP contribution in [0.25, 0.3) is 0 Å². The molecule has 1 heterocycles. The topological polar surface area (TPSA) is 66.6 Å². The summed E-state index contributed by atoms with van der Waals surface area (Å²) in [5, 5.41) is 0.523. The molecule has 2 unspecified atom stereocenters. The number of amides is 2. The number of nitrogens with zero attached hydrogens (tertiary/aromatic N) is 2. The molecule has 1 fully saturated rings. The lowest BCUT2D eigenvalue weighted by Gasteiger charge is -2.24. The predicted molar refractivity (Wildman–Crippen MR) is 97.0 cm³/mol. The summed E-state index contributed by atoms with van der Waals surface area (Å²) in [6.07, 6.45) is 0.986. The average molecular weight is 352 g/mol. The van der Waals surface area contributed by atoms with E-state index in [2.05, 4.69) is 13.8 Å². The van der Waals surface area contributed by atoms with Crippen LogP contribution in [0, 0.1) is 11.8 Å². The summed E-state index contributed by atoms with van der Waals surface area (Å²) in [6.45, 7) is 5.13. The van der Waals surface area contributed by atoms with Crippen LogP contribution in [0.1, 0.15) is 26.7 Å². The Morgan fingerprint density at radius 2 is 2.08 bits per heavy atom. The lowest BCUT2D eigenvalue weighted by Crippen LogP contribution is -2.38. The zero-order valence-electron chi connectivity index (χ0n) is 14.5. The van der Waals surface area contributed by atoms with Crippen molar-refractivity contribution in [3.8, 4) is 0 Å². The molecule has 5 nitrogen and oxygen atoms in total. The van der Waals surface area contributed by atoms with Crippen LogP contribution in [-0.4, -0.2) is 42.9 Å². The summed E-state index contributed by atoms with van der Waals surface area (Å²) < 4.78 is 0. The molecule has 1 aliphatic rings. The summed E-state index contributed by atoms with van der Waals surface area (Å²) in [6, 6.07) is 7.28. The zero-order valence-corrected chi connectivity index (χ0v) is 15.3. The lowest BCUT2D eigenvalue weighted by molar-refractivity contribution is -0.134. The fourth-order valence-electron chi connectivity index (χ4n) is 2.87. The maximum atomic E-state index is 12.6. The van der Waals surface area contributed by atoms with E-state index in [1.54, 1.807) is 29.0 Å². The van der Waals surface area contributed by atoms with E-state index in [1.807, 2.05) is 12.1 Å². The highest BCUT2D eigenvalue weighted by Gasteiger charge is 2.37. The van der Waals surface area contributed by atoms with E-state index in [-0.39, 0.29) is 30.2 Å². The molecule has 0 spiro atoms. The molecule has 2 atom stereocenters. The highest BCUT2D eigenvalue weighted by molar-refractivity contribution is 6.33. The Morgan fingerprint density at radius 1 is 1.42 bits per heavy atom. The maximum Gasteiger partial charge on any atom is 0.227 e. The Hall–Kier alpha value is -1.59. The molecule has 0 aliphatic carbocycles. The first-order valence-corrected chi connectivity index (χ1v) is 8.74. The van der Waals surface area contributed by atoms with Gasteiger partial charge in [-0.3, -0.25) is 9.59 Å². The van der Waals surface area contributed by atoms with Crippen LogP contribution in [0.15, 0.2) is 24.3 Å². The van der Waals surface area contributed by atoms with Gasteiger partial charge in [-0.2, -0.15) is 0 Å². The van der Waals surface area contributed by atoms with Crippen LogP contribution in [0.5, 0.6) is 0 Å². The van der Waals surface area contributed by atoms with Gasteiger partial charge in [-0.05, 0) is 24.5 Å². The Morgan fingerprint density at radius 3 is 2.71 bits per heavy atom. The van der Waals surface area contributed by atoms with Crippen molar-refractivity contribution < 1.29 is 9.59 Å². The summed E-state index contributed by atoms with van der Waals surface area (Å²) in [4.78, 5) is 28.2. The number of benzene rings is 1. The molecule has 1 aliphatic heterocycles. The molecule has 2 rings (SSSR count). The maximum absolute atomic E-state index is 12.6. The summed E-state index contributed by atoms with van der Waals surface area (Å²) in [5.74, 6) is -0.00564. The zero-order chi connectivity index (χ0) is 17.9. The van der Waals surface area contributed by atoms with E-state index >= 15 is 0 Å². The first-order chi connectivity index (χ1) is 11.3. The molecule has 0 radical (unpaired) electrons. The Labute approximate surface area is 148 Å². The Balaban J connectivity index is 1.97. The predicted octanol–water partition coefficient (Wildman–Crippen LogP) is 2.52. The number of halogens is 1. The number of carbonyl (C=O) groups excluding carboxylic acids is 2. The van der Waals surface area contributed by atoms with Gasteiger partial charge in [-0.1, -0.05) is 37.6 Å². The molecule has 6 heteroatoms. The second-order valence-electron chi connectivity index (χ2n) is 6.81. The van der Waals surface area contributed by atoms with Gasteiger partial charge in [0.2, 0.25) is 11.8 Å². The van der Waals surface area contributed by atoms with Gasteiger partial charge in [-0.25, -0.2) is 0 Å². The van der Waals surface area contributed by atoms with Crippen molar-refractivity contribution in [1.82, 2.24) is 4.90 Å². The summed E-state index contributed by atoms with van der Waals surface area (Å²) in [5.41, 5.74) is 6.71. The SMILES string of the molecule is CC(C)C(N)CCN(C)C(=O)C1CC(=O)N(c2ccccc2Cl)C1. The minimum absolute atomic E-state index is 0.00569. The summed E-state index contributed by atoms with van der Waals surface area (Å²) >= 11 is 6.17. The number of nitrogens with two attached hydrogens (primary N) is 1. The first kappa shape index (κ1) is 18.7. The third kappa shape index (κ3) is 4.28. The molecular weight excluding hydrogens is 326 g/mol. The van der Waals surface area contributed by atoms with Gasteiger partial charge >= 0.3 is 0 Å². The molecule has 1 aromatic carbocycles. The largest absolute Gasteiger partial charge is 0.345 e. The van der Waals surface area contributed by atoms with Gasteiger partial charge in [0.1, 0.15) is 0 Å². The minimum Gasteiger partial charge on any atom is -0.345 e. The molecular formula is C18H26ClN3O2. The lowest BCUT2D eigenvalue weighted by atomic mass is 10.0. The van der Waals surface area contributed by atoms with Crippen molar-refractivity contribution in [3.63, 3.8) is 0 Å². The molecule has 2 amide bonds. The third-order valence-corrected chi connectivity index (χ3v) is 4.97. The number of para-hydroxylation sites is 1. The van der Waals surface area contributed by atoms with Crippen molar-refractivity contribution in [1.29, 1.82) is 0 Å². The Kier molecular flexibility index (Phi) is 6.24. The highest BCUT2D eigenvalue weighted by Crippen LogP contribution is 2.31. The van der Waals surface area contributed by atoms with Gasteiger partial charge in [0.05, 0.1) is 16.6 Å². The van der Waals surface area contributed by atoms with Crippen LogP contribution in [0.4, 0.5) is 5.69 Å². The quantitative estimate of drug-likeness (QED) is 0.856. The molecule has 24 heavy (non-hydrogen) atoms. The number of carbonyl (C=O) groups is 2. The molecule has 132 valence electrons. The molecule has 1 saturated heterocycles. The van der Waals surface area contributed by atoms with E-state index in [0.717, 1.165) is 6.42 Å². The summed E-state index contributed by atoms with van der Waals surface area (Å²) in [7, 11) is 1.78. The smallest absolute Gasteiger partial charge is 0.227 e. The molecule has 2 N–H and O–H groups in total. The first-order valence-electron chi connectivity index (χ1n) is 8.36. The van der Waals surface area contributed by atoms with Crippen LogP contribution in [0.3, 0.4) is 0 Å². The van der Waals surface area contributed by atoms with Crippen molar-refractivity contribution in [2.45, 2.75) is 32.7 Å². The van der Waals surface area contributed by atoms with Crippen molar-refractivity contribution >= 4 is 29.1 Å². The van der Waals surface area contributed by atoms with Gasteiger partial charge in [0, 0.05) is 32.6 Å². The van der Waals surface area contributed by atoms with Crippen molar-refractivity contribution in [3.05, 3.63) is 29.3 Å². The monoisotopic (exact) mass is 351 g/mol. The van der Waals surface area contributed by atoms with Gasteiger partial charge < -0.3 is 15.5 Å². The molecule has 1 aromatic rings. The van der Waals surface area contributed by atoms with Gasteiger partial charge in [0.25, 0.3) is 0 Å². The highest BCUT2D eigenvalue weighted by atomic mass is 35.5. The van der Waals surface area contributed by atoms with Crippen LogP contribution < -0.4 is 10.6 Å². The van der Waals surface area contributed by atoms with Crippen molar-refractivity contribution in [2.75, 3.05) is 25.0 Å². The minimum atomic E-state index is -0.325. The molecule has 0 aromatic heterocycles. The number of anilines is 1. The van der Waals surface area contributed by atoms with E-state index in [4.69, 9.17) is 17.3 Å². The van der Waals surface area contributed by atoms with Crippen molar-refractivity contribution in [2.24, 2.45) is 17.6 Å². The molecule has 0 bridgehead atoms. The van der Waals surface area contributed by atoms with Crippen LogP contribution in [0.2, 0.25) is 5.02 Å². The third-order valence-electron chi connectivity index (χ3n) is 4.65. The van der Waals surface area contributed by atoms with Gasteiger partial charge in [-0.15, -0.1) is 0 Å². The van der Waals surface area contributed by atoms with Crippen LogP contribution >= 0.6 is 11.6 Å². The number of hydrogen-bond acceptors (Lipinski definition) is 3. The second-order valence-corrected chi connectivity index (χ2v) is 7.22. The average Bonchev–Trinajstić information content (AvgIpc) is 2.93. The van der Waals surface area contributed by atoms with E-state index in [0.29, 0.717) is 29.7 Å². The fraction of sp³-hybridized carbons (Fsp3) is 0.556. The van der Waals surface area contributed by atoms with E-state index in [9.17, 15) is 9.59 Å². The van der Waals surface area contributed by atoms with Gasteiger partial charge in [0.15, 0.2) is 0 Å². The number of hydrogen-bond donors (Lipinski definition) is 1. The normalized spacial score (nSPS) is 19.0. The van der Waals surface area contributed by atoms with E-state index < -0.39 is 0 Å². The fourth-order valence-corrected chi connectivity index (χ4v) is 3.11. The van der Waals surface area contributed by atoms with Crippen LogP contribution in [-0.2, 0) is 9.59 Å². The molecule has 0 saturated carbocycles. The van der Waals surface area contributed by atoms with E-state index in [1.165, 1.54) is 0 Å². The standard InChI is InChI=1S/C18H26ClN3O2/c1-12(2)15(20)8-9-21(3)18(24)13-10-17(23)22(11-13)16-7-5-4-6-14(16)19/h4-7,12-13,15H,8-11,20H2,1-3H3. The Bertz CT molecular complexity index is 606.